The van der Waals surface area contributed by atoms with Gasteiger partial charge in [-0.05, 0) is 18.2 Å². The second-order valence-electron chi connectivity index (χ2n) is 3.44. The average molecular weight is 267 g/mol. The van der Waals surface area contributed by atoms with Gasteiger partial charge in [0.25, 0.3) is 0 Å². The predicted molar refractivity (Wildman–Crippen MR) is 63.1 cm³/mol. The number of nitrogens with two attached hydrogens (primary N) is 1. The fraction of sp³-hybridized carbons (Fsp3) is 0. The van der Waals surface area contributed by atoms with E-state index in [1.54, 1.807) is 18.2 Å². The molecule has 2 rings (SSSR count). The van der Waals surface area contributed by atoms with Crippen LogP contribution in [0.3, 0.4) is 0 Å². The summed E-state index contributed by atoms with van der Waals surface area (Å²) in [5.74, 6) is -1.39. The van der Waals surface area contributed by atoms with Crippen molar-refractivity contribution >= 4 is 16.2 Å². The van der Waals surface area contributed by atoms with Crippen molar-refractivity contribution in [2.24, 2.45) is 5.14 Å². The van der Waals surface area contributed by atoms with Gasteiger partial charge >= 0.3 is 16.2 Å². The molecule has 8 heteroatoms. The minimum Gasteiger partial charge on any atom is -0.477 e. The lowest BCUT2D eigenvalue weighted by Gasteiger charge is -2.04. The highest BCUT2D eigenvalue weighted by molar-refractivity contribution is 7.87. The SMILES string of the molecule is NS(=O)(=O)n1ccc(-c2ccccn2)c1C(=O)O. The molecular weight excluding hydrogens is 258 g/mol. The first-order chi connectivity index (χ1) is 8.41. The maximum atomic E-state index is 11.3. The van der Waals surface area contributed by atoms with Crippen molar-refractivity contribution in [2.45, 2.75) is 0 Å². The summed E-state index contributed by atoms with van der Waals surface area (Å²) in [6, 6.07) is 6.26. The third-order valence-corrected chi connectivity index (χ3v) is 3.12. The van der Waals surface area contributed by atoms with E-state index in [1.165, 1.54) is 12.3 Å². The van der Waals surface area contributed by atoms with Gasteiger partial charge in [0.05, 0.1) is 5.69 Å². The molecule has 0 atom stereocenters. The molecule has 0 fully saturated rings. The average Bonchev–Trinajstić information content (AvgIpc) is 2.74. The van der Waals surface area contributed by atoms with Gasteiger partial charge in [-0.15, -0.1) is 0 Å². The molecule has 0 unspecified atom stereocenters. The summed E-state index contributed by atoms with van der Waals surface area (Å²) in [6.07, 6.45) is 2.57. The Morgan fingerprint density at radius 2 is 2.06 bits per heavy atom. The number of aromatic nitrogens is 2. The first-order valence-electron chi connectivity index (χ1n) is 4.80. The highest BCUT2D eigenvalue weighted by Gasteiger charge is 2.23. The zero-order chi connectivity index (χ0) is 13.3. The van der Waals surface area contributed by atoms with Gasteiger partial charge < -0.3 is 5.11 Å². The molecule has 0 aliphatic rings. The maximum Gasteiger partial charge on any atom is 0.354 e. The van der Waals surface area contributed by atoms with Crippen LogP contribution in [0.2, 0.25) is 0 Å². The van der Waals surface area contributed by atoms with E-state index < -0.39 is 21.9 Å². The molecule has 2 heterocycles. The zero-order valence-corrected chi connectivity index (χ0v) is 9.83. The van der Waals surface area contributed by atoms with Gasteiger partial charge in [0, 0.05) is 18.0 Å². The third-order valence-electron chi connectivity index (χ3n) is 2.27. The molecule has 0 spiro atoms. The summed E-state index contributed by atoms with van der Waals surface area (Å²) in [5.41, 5.74) is 0.116. The van der Waals surface area contributed by atoms with E-state index in [2.05, 4.69) is 4.98 Å². The van der Waals surface area contributed by atoms with E-state index in [0.717, 1.165) is 6.20 Å². The van der Waals surface area contributed by atoms with Crippen LogP contribution in [0, 0.1) is 0 Å². The molecule has 0 saturated carbocycles. The molecule has 0 aliphatic carbocycles. The smallest absolute Gasteiger partial charge is 0.354 e. The van der Waals surface area contributed by atoms with Crippen LogP contribution < -0.4 is 5.14 Å². The third kappa shape index (κ3) is 2.11. The molecule has 0 amide bonds. The van der Waals surface area contributed by atoms with E-state index in [9.17, 15) is 13.2 Å². The standard InChI is InChI=1S/C10H9N3O4S/c11-18(16,17)13-6-4-7(9(13)10(14)15)8-3-1-2-5-12-8/h1-6H,(H,14,15)(H2,11,16,17). The summed E-state index contributed by atoms with van der Waals surface area (Å²) in [5, 5.41) is 14.0. The van der Waals surface area contributed by atoms with Crippen LogP contribution in [0.1, 0.15) is 10.5 Å². The van der Waals surface area contributed by atoms with Gasteiger partial charge in [-0.2, -0.15) is 8.42 Å². The van der Waals surface area contributed by atoms with E-state index >= 15 is 0 Å². The molecule has 0 bridgehead atoms. The van der Waals surface area contributed by atoms with Crippen LogP contribution >= 0.6 is 0 Å². The summed E-state index contributed by atoms with van der Waals surface area (Å²) in [6.45, 7) is 0. The molecule has 3 N–H and O–H groups in total. The fourth-order valence-electron chi connectivity index (χ4n) is 1.56. The normalized spacial score (nSPS) is 11.4. The lowest BCUT2D eigenvalue weighted by molar-refractivity contribution is 0.0690. The molecule has 0 radical (unpaired) electrons. The molecular formula is C10H9N3O4S. The highest BCUT2D eigenvalue weighted by Crippen LogP contribution is 2.23. The van der Waals surface area contributed by atoms with E-state index in [4.69, 9.17) is 10.2 Å². The van der Waals surface area contributed by atoms with Gasteiger partial charge in [0.15, 0.2) is 5.69 Å². The number of hydrogen-bond acceptors (Lipinski definition) is 4. The fourth-order valence-corrected chi connectivity index (χ4v) is 2.23. The summed E-state index contributed by atoms with van der Waals surface area (Å²) in [4.78, 5) is 15.1. The number of carboxylic acid groups (broad SMARTS) is 1. The Labute approximate surface area is 103 Å². The molecule has 0 aliphatic heterocycles. The minimum atomic E-state index is -4.16. The van der Waals surface area contributed by atoms with Gasteiger partial charge in [-0.1, -0.05) is 6.07 Å². The van der Waals surface area contributed by atoms with Crippen molar-refractivity contribution < 1.29 is 18.3 Å². The molecule has 2 aromatic rings. The van der Waals surface area contributed by atoms with E-state index in [1.807, 2.05) is 0 Å². The Bertz CT molecular complexity index is 691. The number of carboxylic acids is 1. The number of carbonyl (C=O) groups is 1. The van der Waals surface area contributed by atoms with Crippen LogP contribution in [-0.4, -0.2) is 28.5 Å². The van der Waals surface area contributed by atoms with Gasteiger partial charge in [-0.3, -0.25) is 4.98 Å². The number of nitrogens with zero attached hydrogens (tertiary/aromatic N) is 2. The van der Waals surface area contributed by atoms with Gasteiger partial charge in [-0.25, -0.2) is 13.9 Å². The number of pyridine rings is 1. The first-order valence-corrected chi connectivity index (χ1v) is 6.31. The summed E-state index contributed by atoms with van der Waals surface area (Å²) < 4.78 is 23.0. The van der Waals surface area contributed by atoms with Crippen LogP contribution in [0.5, 0.6) is 0 Å². The predicted octanol–water partition coefficient (Wildman–Crippen LogP) is 0.300. The van der Waals surface area contributed by atoms with Crippen LogP contribution in [0.15, 0.2) is 36.7 Å². The largest absolute Gasteiger partial charge is 0.477 e. The van der Waals surface area contributed by atoms with Gasteiger partial charge in [0.1, 0.15) is 0 Å². The van der Waals surface area contributed by atoms with Crippen molar-refractivity contribution in [1.82, 2.24) is 8.96 Å². The van der Waals surface area contributed by atoms with Crippen LogP contribution in [0.25, 0.3) is 11.3 Å². The van der Waals surface area contributed by atoms with Crippen molar-refractivity contribution in [2.75, 3.05) is 0 Å². The second-order valence-corrected chi connectivity index (χ2v) is 4.86. The zero-order valence-electron chi connectivity index (χ0n) is 9.02. The lowest BCUT2D eigenvalue weighted by atomic mass is 10.1. The second kappa shape index (κ2) is 4.24. The Morgan fingerprint density at radius 1 is 1.33 bits per heavy atom. The minimum absolute atomic E-state index is 0.192. The van der Waals surface area contributed by atoms with E-state index in [-0.39, 0.29) is 5.56 Å². The first kappa shape index (κ1) is 12.3. The highest BCUT2D eigenvalue weighted by atomic mass is 32.2. The molecule has 18 heavy (non-hydrogen) atoms. The van der Waals surface area contributed by atoms with Crippen molar-refractivity contribution in [3.8, 4) is 11.3 Å². The van der Waals surface area contributed by atoms with Crippen molar-refractivity contribution in [3.63, 3.8) is 0 Å². The number of hydrogen-bond donors (Lipinski definition) is 2. The number of rotatable bonds is 3. The quantitative estimate of drug-likeness (QED) is 0.829. The lowest BCUT2D eigenvalue weighted by Crippen LogP contribution is -2.24. The maximum absolute atomic E-state index is 11.3. The Kier molecular flexibility index (Phi) is 2.89. The van der Waals surface area contributed by atoms with Crippen molar-refractivity contribution in [1.29, 1.82) is 0 Å². The monoisotopic (exact) mass is 267 g/mol. The topological polar surface area (TPSA) is 115 Å². The molecule has 2 aromatic heterocycles. The summed E-state index contributed by atoms with van der Waals surface area (Å²) in [7, 11) is -4.16. The molecule has 0 saturated heterocycles. The Hall–Kier alpha value is -2.19. The van der Waals surface area contributed by atoms with Gasteiger partial charge in [0.2, 0.25) is 0 Å². The molecule has 94 valence electrons. The van der Waals surface area contributed by atoms with Crippen LogP contribution in [0.4, 0.5) is 0 Å². The van der Waals surface area contributed by atoms with E-state index in [0.29, 0.717) is 9.67 Å². The summed E-state index contributed by atoms with van der Waals surface area (Å²) >= 11 is 0. The Morgan fingerprint density at radius 3 is 2.56 bits per heavy atom. The molecule has 7 nitrogen and oxygen atoms in total. The Balaban J connectivity index is 2.72. The van der Waals surface area contributed by atoms with Crippen LogP contribution in [-0.2, 0) is 10.2 Å². The number of aromatic carboxylic acids is 1. The molecule has 0 aromatic carbocycles. The van der Waals surface area contributed by atoms with Crippen molar-refractivity contribution in [3.05, 3.63) is 42.4 Å².